The number of anilines is 1. The molecule has 1 aliphatic rings. The van der Waals surface area contributed by atoms with E-state index >= 15 is 4.39 Å². The van der Waals surface area contributed by atoms with E-state index in [-0.39, 0.29) is 11.4 Å². The van der Waals surface area contributed by atoms with Crippen molar-refractivity contribution >= 4 is 41.1 Å². The molecule has 1 fully saturated rings. The summed E-state index contributed by atoms with van der Waals surface area (Å²) >= 11 is 12.1. The molecule has 0 saturated carbocycles. The lowest BCUT2D eigenvalue weighted by molar-refractivity contribution is 0.0369. The monoisotopic (exact) mass is 612 g/mol. The molecule has 4 aromatic rings. The van der Waals surface area contributed by atoms with E-state index in [1.807, 2.05) is 4.57 Å². The van der Waals surface area contributed by atoms with Gasteiger partial charge in [0.15, 0.2) is 17.4 Å². The molecule has 2 aromatic carbocycles. The second-order valence-electron chi connectivity index (χ2n) is 9.31. The summed E-state index contributed by atoms with van der Waals surface area (Å²) in [6.07, 6.45) is 5.45. The van der Waals surface area contributed by atoms with Gasteiger partial charge >= 0.3 is 6.03 Å². The lowest BCUT2D eigenvalue weighted by atomic mass is 10.2. The molecule has 2 aromatic heterocycles. The Morgan fingerprint density at radius 1 is 1.14 bits per heavy atom. The van der Waals surface area contributed by atoms with Crippen LogP contribution < -0.4 is 15.5 Å². The van der Waals surface area contributed by atoms with Gasteiger partial charge in [-0.2, -0.15) is 10.1 Å². The van der Waals surface area contributed by atoms with E-state index in [4.69, 9.17) is 38.4 Å². The Morgan fingerprint density at radius 3 is 2.74 bits per heavy atom. The molecular formula is C28H27Cl2FN8O3. The number of rotatable bonds is 10. The molecule has 3 heterocycles. The van der Waals surface area contributed by atoms with Crippen LogP contribution >= 0.6 is 23.2 Å². The van der Waals surface area contributed by atoms with Crippen molar-refractivity contribution in [1.82, 2.24) is 24.6 Å². The highest BCUT2D eigenvalue weighted by atomic mass is 35.5. The van der Waals surface area contributed by atoms with E-state index in [0.29, 0.717) is 39.4 Å². The summed E-state index contributed by atoms with van der Waals surface area (Å²) in [5, 5.41) is 14.0. The zero-order valence-corrected chi connectivity index (χ0v) is 23.9. The van der Waals surface area contributed by atoms with Gasteiger partial charge < -0.3 is 19.8 Å². The first-order valence-corrected chi connectivity index (χ1v) is 13.8. The fourth-order valence-corrected chi connectivity index (χ4v) is 4.77. The van der Waals surface area contributed by atoms with Crippen LogP contribution in [-0.2, 0) is 11.3 Å². The van der Waals surface area contributed by atoms with E-state index in [2.05, 4.69) is 25.2 Å². The summed E-state index contributed by atoms with van der Waals surface area (Å²) in [6, 6.07) is 11.0. The number of ether oxygens (including phenoxy) is 2. The summed E-state index contributed by atoms with van der Waals surface area (Å²) in [6.45, 7) is 5.04. The van der Waals surface area contributed by atoms with Gasteiger partial charge in [-0.15, -0.1) is 10.2 Å². The molecule has 42 heavy (non-hydrogen) atoms. The van der Waals surface area contributed by atoms with Crippen LogP contribution in [0.2, 0.25) is 10.0 Å². The first kappa shape index (κ1) is 29.4. The molecule has 11 nitrogen and oxygen atoms in total. The van der Waals surface area contributed by atoms with Crippen LogP contribution in [0.4, 0.5) is 14.9 Å². The average Bonchev–Trinajstić information content (AvgIpc) is 3.45. The highest BCUT2D eigenvalue weighted by Gasteiger charge is 2.17. The summed E-state index contributed by atoms with van der Waals surface area (Å²) in [7, 11) is 0. The molecule has 0 aliphatic carbocycles. The molecule has 1 saturated heterocycles. The van der Waals surface area contributed by atoms with Gasteiger partial charge in [0.2, 0.25) is 0 Å². The van der Waals surface area contributed by atoms with Crippen molar-refractivity contribution in [2.45, 2.75) is 13.0 Å². The summed E-state index contributed by atoms with van der Waals surface area (Å²) in [4.78, 5) is 18.8. The smallest absolute Gasteiger partial charge is 0.340 e. The zero-order chi connectivity index (χ0) is 29.5. The minimum Gasteiger partial charge on any atom is -0.454 e. The van der Waals surface area contributed by atoms with Crippen LogP contribution in [0.5, 0.6) is 11.5 Å². The van der Waals surface area contributed by atoms with Crippen LogP contribution in [0, 0.1) is 5.82 Å². The fraction of sp³-hybridized carbons (Fsp3) is 0.250. The predicted octanol–water partition coefficient (Wildman–Crippen LogP) is 5.22. The van der Waals surface area contributed by atoms with Gasteiger partial charge in [0, 0.05) is 55.1 Å². The molecule has 0 unspecified atom stereocenters. The Hall–Kier alpha value is -4.10. The number of hydrogen-bond acceptors (Lipinski definition) is 8. The molecule has 14 heteroatoms. The highest BCUT2D eigenvalue weighted by molar-refractivity contribution is 6.36. The van der Waals surface area contributed by atoms with Crippen LogP contribution in [0.15, 0.2) is 66.2 Å². The Bertz CT molecular complexity index is 1580. The quantitative estimate of drug-likeness (QED) is 0.192. The Kier molecular flexibility index (Phi) is 9.59. The lowest BCUT2D eigenvalue weighted by Gasteiger charge is -2.26. The zero-order valence-electron chi connectivity index (χ0n) is 22.4. The number of hydrazone groups is 1. The largest absolute Gasteiger partial charge is 0.454 e. The topological polar surface area (TPSA) is 124 Å². The number of primary amides is 1. The molecule has 1 aliphatic heterocycles. The normalized spacial score (nSPS) is 13.9. The minimum absolute atomic E-state index is 0.0722. The SMILES string of the molecule is NC(=O)N(/N=C/c1ccc(Cl)cc1Cl)c1ccc(Oc2ccnc(-c3nncn3CCCN3CCOCC3)c2)c(F)c1. The molecule has 2 amide bonds. The van der Waals surface area contributed by atoms with Gasteiger partial charge in [0.25, 0.3) is 0 Å². The molecule has 0 radical (unpaired) electrons. The number of carbonyl (C=O) groups excluding carboxylic acids is 1. The number of hydrogen-bond donors (Lipinski definition) is 1. The van der Waals surface area contributed by atoms with Crippen molar-refractivity contribution < 1.29 is 18.7 Å². The molecule has 0 spiro atoms. The van der Waals surface area contributed by atoms with Crippen molar-refractivity contribution in [3.63, 3.8) is 0 Å². The number of pyridine rings is 1. The highest BCUT2D eigenvalue weighted by Crippen LogP contribution is 2.30. The number of carbonyl (C=O) groups is 1. The number of aryl methyl sites for hydroxylation is 1. The maximum absolute atomic E-state index is 15.1. The molecule has 0 atom stereocenters. The van der Waals surface area contributed by atoms with E-state index in [1.54, 1.807) is 36.8 Å². The Morgan fingerprint density at radius 2 is 1.98 bits per heavy atom. The minimum atomic E-state index is -0.919. The average molecular weight is 613 g/mol. The third-order valence-corrected chi connectivity index (χ3v) is 6.99. The van der Waals surface area contributed by atoms with Crippen LogP contribution in [0.25, 0.3) is 11.5 Å². The van der Waals surface area contributed by atoms with Crippen LogP contribution in [0.1, 0.15) is 12.0 Å². The van der Waals surface area contributed by atoms with Crippen molar-refractivity contribution in [2.24, 2.45) is 10.8 Å². The summed E-state index contributed by atoms with van der Waals surface area (Å²) in [5.41, 5.74) is 6.61. The molecule has 2 N–H and O–H groups in total. The summed E-state index contributed by atoms with van der Waals surface area (Å²) < 4.78 is 28.3. The number of urea groups is 1. The van der Waals surface area contributed by atoms with Crippen LogP contribution in [-0.4, -0.2) is 69.7 Å². The first-order chi connectivity index (χ1) is 20.4. The number of morpholine rings is 1. The van der Waals surface area contributed by atoms with E-state index < -0.39 is 11.8 Å². The van der Waals surface area contributed by atoms with Gasteiger partial charge in [0.1, 0.15) is 17.8 Å². The second-order valence-corrected chi connectivity index (χ2v) is 10.2. The van der Waals surface area contributed by atoms with E-state index in [1.165, 1.54) is 24.4 Å². The number of aromatic nitrogens is 4. The fourth-order valence-electron chi connectivity index (χ4n) is 4.31. The number of nitrogens with zero attached hydrogens (tertiary/aromatic N) is 7. The molecule has 0 bridgehead atoms. The van der Waals surface area contributed by atoms with E-state index in [9.17, 15) is 4.79 Å². The number of amides is 2. The summed E-state index contributed by atoms with van der Waals surface area (Å²) in [5.74, 6) is 0.116. The number of nitrogens with two attached hydrogens (primary N) is 1. The van der Waals surface area contributed by atoms with Crippen molar-refractivity contribution in [2.75, 3.05) is 37.9 Å². The number of benzene rings is 2. The molecular weight excluding hydrogens is 586 g/mol. The van der Waals surface area contributed by atoms with Gasteiger partial charge in [-0.3, -0.25) is 9.88 Å². The Balaban J connectivity index is 1.27. The second kappa shape index (κ2) is 13.7. The maximum atomic E-state index is 15.1. The van der Waals surface area contributed by atoms with Crippen molar-refractivity contribution in [1.29, 1.82) is 0 Å². The molecule has 5 rings (SSSR count). The predicted molar refractivity (Wildman–Crippen MR) is 158 cm³/mol. The first-order valence-electron chi connectivity index (χ1n) is 13.1. The van der Waals surface area contributed by atoms with Crippen LogP contribution in [0.3, 0.4) is 0 Å². The van der Waals surface area contributed by atoms with E-state index in [0.717, 1.165) is 50.3 Å². The number of halogens is 3. The molecule has 218 valence electrons. The van der Waals surface area contributed by atoms with Gasteiger partial charge in [-0.05, 0) is 36.8 Å². The van der Waals surface area contributed by atoms with Gasteiger partial charge in [-0.25, -0.2) is 9.18 Å². The van der Waals surface area contributed by atoms with Gasteiger partial charge in [0.05, 0.1) is 30.1 Å². The van der Waals surface area contributed by atoms with Crippen molar-refractivity contribution in [3.05, 3.63) is 82.5 Å². The third kappa shape index (κ3) is 7.39. The Labute approximate surface area is 251 Å². The standard InChI is InChI=1S/C28H27Cl2FN8O3/c29-20-3-2-19(23(30)14-20)17-35-39(28(32)40)21-4-5-26(24(31)15-21)42-22-6-7-33-25(16-22)27-36-34-18-38(27)9-1-8-37-10-12-41-13-11-37/h2-7,14-18H,1,8-13H2,(H2,32,40)/b35-17+. The van der Waals surface area contributed by atoms with Gasteiger partial charge in [-0.1, -0.05) is 29.3 Å². The maximum Gasteiger partial charge on any atom is 0.340 e. The van der Waals surface area contributed by atoms with Crippen molar-refractivity contribution in [3.8, 4) is 23.0 Å². The third-order valence-electron chi connectivity index (χ3n) is 6.42. The lowest BCUT2D eigenvalue weighted by Crippen LogP contribution is -2.37.